The summed E-state index contributed by atoms with van der Waals surface area (Å²) < 4.78 is 30.1. The Labute approximate surface area is 176 Å². The summed E-state index contributed by atoms with van der Waals surface area (Å²) in [6.45, 7) is 0. The molecule has 0 amide bonds. The van der Waals surface area contributed by atoms with E-state index in [-0.39, 0.29) is 0 Å². The first kappa shape index (κ1) is 18.6. The highest BCUT2D eigenvalue weighted by Crippen LogP contribution is 2.39. The van der Waals surface area contributed by atoms with Gasteiger partial charge in [-0.1, -0.05) is 54.6 Å². The molecule has 1 aliphatic rings. The van der Waals surface area contributed by atoms with Crippen molar-refractivity contribution in [2.24, 2.45) is 0 Å². The average Bonchev–Trinajstić information content (AvgIpc) is 2.77. The maximum Gasteiger partial charge on any atom is 0.175 e. The SMILES string of the molecule is CS(=O)(=O)c1ccc(C2=C(c3ccc4ccccc4c3)Cc3ccccc3O2)cc1. The Balaban J connectivity index is 1.68. The molecular weight excluding hydrogens is 392 g/mol. The fourth-order valence-electron chi connectivity index (χ4n) is 3.89. The number of ether oxygens (including phenoxy) is 1. The fraction of sp³-hybridized carbons (Fsp3) is 0.0769. The minimum Gasteiger partial charge on any atom is -0.456 e. The van der Waals surface area contributed by atoms with Crippen LogP contribution in [-0.4, -0.2) is 14.7 Å². The molecular formula is C26H20O3S. The summed E-state index contributed by atoms with van der Waals surface area (Å²) in [5.41, 5.74) is 4.19. The van der Waals surface area contributed by atoms with Crippen LogP contribution < -0.4 is 4.74 Å². The van der Waals surface area contributed by atoms with E-state index in [0.29, 0.717) is 4.90 Å². The summed E-state index contributed by atoms with van der Waals surface area (Å²) in [6.07, 6.45) is 1.97. The van der Waals surface area contributed by atoms with Gasteiger partial charge in [0.05, 0.1) is 4.90 Å². The normalized spacial score (nSPS) is 13.8. The first-order chi connectivity index (χ1) is 14.5. The molecule has 4 aromatic rings. The van der Waals surface area contributed by atoms with E-state index in [4.69, 9.17) is 4.74 Å². The van der Waals surface area contributed by atoms with Gasteiger partial charge in [0.2, 0.25) is 0 Å². The highest BCUT2D eigenvalue weighted by molar-refractivity contribution is 7.90. The molecule has 0 N–H and O–H groups in total. The van der Waals surface area contributed by atoms with E-state index >= 15 is 0 Å². The molecule has 5 rings (SSSR count). The van der Waals surface area contributed by atoms with E-state index in [9.17, 15) is 8.42 Å². The first-order valence-electron chi connectivity index (χ1n) is 9.78. The monoisotopic (exact) mass is 412 g/mol. The van der Waals surface area contributed by atoms with Crippen LogP contribution in [0.15, 0.2) is 95.9 Å². The quantitative estimate of drug-likeness (QED) is 0.430. The Morgan fingerprint density at radius 3 is 2.17 bits per heavy atom. The Bertz CT molecular complexity index is 1400. The number of sulfone groups is 1. The second kappa shape index (κ2) is 7.15. The summed E-state index contributed by atoms with van der Waals surface area (Å²) in [5.74, 6) is 1.60. The third-order valence-corrected chi connectivity index (χ3v) is 6.60. The molecule has 0 atom stereocenters. The van der Waals surface area contributed by atoms with Crippen molar-refractivity contribution in [3.8, 4) is 5.75 Å². The lowest BCUT2D eigenvalue weighted by atomic mass is 9.91. The topological polar surface area (TPSA) is 43.4 Å². The van der Waals surface area contributed by atoms with Crippen LogP contribution in [0.4, 0.5) is 0 Å². The van der Waals surface area contributed by atoms with Gasteiger partial charge >= 0.3 is 0 Å². The van der Waals surface area contributed by atoms with Gasteiger partial charge in [-0.25, -0.2) is 8.42 Å². The molecule has 148 valence electrons. The van der Waals surface area contributed by atoms with Crippen LogP contribution in [0.1, 0.15) is 16.7 Å². The summed E-state index contributed by atoms with van der Waals surface area (Å²) in [7, 11) is -3.25. The molecule has 1 heterocycles. The van der Waals surface area contributed by atoms with E-state index in [0.717, 1.165) is 40.2 Å². The molecule has 0 saturated heterocycles. The lowest BCUT2D eigenvalue weighted by Crippen LogP contribution is -2.09. The zero-order chi connectivity index (χ0) is 20.7. The van der Waals surface area contributed by atoms with E-state index < -0.39 is 9.84 Å². The lowest BCUT2D eigenvalue weighted by Gasteiger charge is -2.24. The second-order valence-electron chi connectivity index (χ2n) is 7.55. The molecule has 0 radical (unpaired) electrons. The van der Waals surface area contributed by atoms with Crippen LogP contribution in [0, 0.1) is 0 Å². The standard InChI is InChI=1S/C26H20O3S/c1-30(27,28)23-14-12-19(13-15-23)26-24(17-22-8-4-5-9-25(22)29-26)21-11-10-18-6-2-3-7-20(18)16-21/h2-16H,17H2,1H3. The van der Waals surface area contributed by atoms with E-state index in [1.165, 1.54) is 17.0 Å². The van der Waals surface area contributed by atoms with Gasteiger partial charge in [-0.15, -0.1) is 0 Å². The van der Waals surface area contributed by atoms with Gasteiger partial charge in [-0.2, -0.15) is 0 Å². The molecule has 0 unspecified atom stereocenters. The van der Waals surface area contributed by atoms with Crippen LogP contribution in [0.2, 0.25) is 0 Å². The van der Waals surface area contributed by atoms with Gasteiger partial charge in [0.15, 0.2) is 9.84 Å². The second-order valence-corrected chi connectivity index (χ2v) is 9.57. The predicted molar refractivity (Wildman–Crippen MR) is 121 cm³/mol. The first-order valence-corrected chi connectivity index (χ1v) is 11.7. The molecule has 0 bridgehead atoms. The molecule has 30 heavy (non-hydrogen) atoms. The van der Waals surface area contributed by atoms with Crippen molar-refractivity contribution in [3.05, 3.63) is 108 Å². The molecule has 0 aromatic heterocycles. The minimum absolute atomic E-state index is 0.301. The van der Waals surface area contributed by atoms with Crippen molar-refractivity contribution in [2.45, 2.75) is 11.3 Å². The van der Waals surface area contributed by atoms with E-state index in [1.54, 1.807) is 12.1 Å². The Kier molecular flexibility index (Phi) is 4.44. The third kappa shape index (κ3) is 3.40. The maximum absolute atomic E-state index is 11.9. The van der Waals surface area contributed by atoms with Crippen LogP contribution in [-0.2, 0) is 16.3 Å². The summed E-state index contributed by atoms with van der Waals surface area (Å²) in [6, 6.07) is 29.7. The number of benzene rings is 4. The molecule has 3 nitrogen and oxygen atoms in total. The van der Waals surface area contributed by atoms with Crippen LogP contribution in [0.5, 0.6) is 5.75 Å². The number of para-hydroxylation sites is 1. The van der Waals surface area contributed by atoms with Gasteiger partial charge < -0.3 is 4.74 Å². The molecule has 4 aromatic carbocycles. The van der Waals surface area contributed by atoms with Crippen LogP contribution >= 0.6 is 0 Å². The number of hydrogen-bond acceptors (Lipinski definition) is 3. The molecule has 0 saturated carbocycles. The van der Waals surface area contributed by atoms with Crippen molar-refractivity contribution in [1.29, 1.82) is 0 Å². The largest absolute Gasteiger partial charge is 0.456 e. The number of hydrogen-bond donors (Lipinski definition) is 0. The van der Waals surface area contributed by atoms with Crippen molar-refractivity contribution in [1.82, 2.24) is 0 Å². The number of fused-ring (bicyclic) bond motifs is 2. The molecule has 0 aliphatic carbocycles. The van der Waals surface area contributed by atoms with Gasteiger partial charge in [0.25, 0.3) is 0 Å². The highest BCUT2D eigenvalue weighted by Gasteiger charge is 2.22. The van der Waals surface area contributed by atoms with Crippen molar-refractivity contribution in [2.75, 3.05) is 6.26 Å². The van der Waals surface area contributed by atoms with Crippen LogP contribution in [0.3, 0.4) is 0 Å². The van der Waals surface area contributed by atoms with Gasteiger partial charge in [-0.05, 0) is 58.3 Å². The molecule has 0 fully saturated rings. The Morgan fingerprint density at radius 1 is 0.733 bits per heavy atom. The minimum atomic E-state index is -3.25. The van der Waals surface area contributed by atoms with E-state index in [1.807, 2.05) is 42.5 Å². The summed E-state index contributed by atoms with van der Waals surface area (Å²) in [5, 5.41) is 2.37. The molecule has 1 aliphatic heterocycles. The van der Waals surface area contributed by atoms with Gasteiger partial charge in [0, 0.05) is 23.8 Å². The van der Waals surface area contributed by atoms with E-state index in [2.05, 4.69) is 36.4 Å². The third-order valence-electron chi connectivity index (χ3n) is 5.47. The lowest BCUT2D eigenvalue weighted by molar-refractivity contribution is 0.502. The average molecular weight is 413 g/mol. The van der Waals surface area contributed by atoms with Crippen molar-refractivity contribution < 1.29 is 13.2 Å². The Morgan fingerprint density at radius 2 is 1.40 bits per heavy atom. The zero-order valence-corrected chi connectivity index (χ0v) is 17.3. The Hall–Kier alpha value is -3.37. The fourth-order valence-corrected chi connectivity index (χ4v) is 4.52. The van der Waals surface area contributed by atoms with Gasteiger partial charge in [0.1, 0.15) is 11.5 Å². The number of rotatable bonds is 3. The molecule has 0 spiro atoms. The van der Waals surface area contributed by atoms with Crippen LogP contribution in [0.25, 0.3) is 22.1 Å². The van der Waals surface area contributed by atoms with Crippen molar-refractivity contribution >= 4 is 31.9 Å². The summed E-state index contributed by atoms with van der Waals surface area (Å²) >= 11 is 0. The highest BCUT2D eigenvalue weighted by atomic mass is 32.2. The number of allylic oxidation sites excluding steroid dienone is 1. The zero-order valence-electron chi connectivity index (χ0n) is 16.5. The molecule has 4 heteroatoms. The smallest absolute Gasteiger partial charge is 0.175 e. The predicted octanol–water partition coefficient (Wildman–Crippen LogP) is 5.75. The van der Waals surface area contributed by atoms with Gasteiger partial charge in [-0.3, -0.25) is 0 Å². The van der Waals surface area contributed by atoms with Crippen molar-refractivity contribution in [3.63, 3.8) is 0 Å². The summed E-state index contributed by atoms with van der Waals surface area (Å²) in [4.78, 5) is 0.301. The maximum atomic E-state index is 11.9.